The summed E-state index contributed by atoms with van der Waals surface area (Å²) in [5, 5.41) is 12.9. The topological polar surface area (TPSA) is 101 Å². The quantitative estimate of drug-likeness (QED) is 0.660. The lowest BCUT2D eigenvalue weighted by Crippen LogP contribution is -2.17. The van der Waals surface area contributed by atoms with Crippen LogP contribution in [0.5, 0.6) is 11.5 Å². The van der Waals surface area contributed by atoms with E-state index in [2.05, 4.69) is 10.3 Å². The molecule has 0 aliphatic rings. The Balaban J connectivity index is 2.18. The minimum Gasteiger partial charge on any atom is -0.497 e. The van der Waals surface area contributed by atoms with Crippen LogP contribution in [0.15, 0.2) is 47.3 Å². The predicted molar refractivity (Wildman–Crippen MR) is 94.4 cm³/mol. The molecule has 3 rings (SSSR count). The van der Waals surface area contributed by atoms with Crippen LogP contribution in [0.2, 0.25) is 0 Å². The van der Waals surface area contributed by atoms with Gasteiger partial charge in [0.05, 0.1) is 19.8 Å². The van der Waals surface area contributed by atoms with E-state index in [4.69, 9.17) is 9.47 Å². The third kappa shape index (κ3) is 3.12. The lowest BCUT2D eigenvalue weighted by atomic mass is 10.1. The highest BCUT2D eigenvalue weighted by atomic mass is 16.5. The van der Waals surface area contributed by atoms with Gasteiger partial charge in [0.1, 0.15) is 17.2 Å². The molecule has 0 spiro atoms. The SMILES string of the molecule is COc1ccc(Nc2c(C(=O)O)c3cc(OC)ccc3[nH]c2=O)cc1. The van der Waals surface area contributed by atoms with Gasteiger partial charge in [-0.1, -0.05) is 0 Å². The van der Waals surface area contributed by atoms with Gasteiger partial charge in [-0.2, -0.15) is 0 Å². The molecular weight excluding hydrogens is 324 g/mol. The van der Waals surface area contributed by atoms with Gasteiger partial charge >= 0.3 is 5.97 Å². The molecule has 1 heterocycles. The van der Waals surface area contributed by atoms with Crippen LogP contribution in [0.25, 0.3) is 10.9 Å². The third-order valence-electron chi connectivity index (χ3n) is 3.79. The van der Waals surface area contributed by atoms with E-state index < -0.39 is 11.5 Å². The minimum atomic E-state index is -1.21. The minimum absolute atomic E-state index is 0.0431. The van der Waals surface area contributed by atoms with Gasteiger partial charge in [0, 0.05) is 16.6 Å². The number of hydrogen-bond donors (Lipinski definition) is 3. The standard InChI is InChI=1S/C18H16N2O5/c1-24-11-5-3-10(4-6-11)19-16-15(18(22)23)13-9-12(25-2)7-8-14(13)20-17(16)21/h3-9,19H,1-2H3,(H,20,21)(H,22,23). The van der Waals surface area contributed by atoms with Gasteiger partial charge in [0.15, 0.2) is 0 Å². The molecule has 0 unspecified atom stereocenters. The number of benzene rings is 2. The van der Waals surface area contributed by atoms with Gasteiger partial charge in [-0.3, -0.25) is 4.79 Å². The fraction of sp³-hybridized carbons (Fsp3) is 0.111. The van der Waals surface area contributed by atoms with Gasteiger partial charge < -0.3 is 24.9 Å². The predicted octanol–water partition coefficient (Wildman–Crippen LogP) is 2.99. The Hall–Kier alpha value is -3.48. The number of H-pyrrole nitrogens is 1. The van der Waals surface area contributed by atoms with Crippen molar-refractivity contribution in [3.05, 3.63) is 58.4 Å². The highest BCUT2D eigenvalue weighted by Gasteiger charge is 2.19. The van der Waals surface area contributed by atoms with Crippen LogP contribution in [0.3, 0.4) is 0 Å². The summed E-state index contributed by atoms with van der Waals surface area (Å²) in [6.45, 7) is 0. The van der Waals surface area contributed by atoms with Crippen LogP contribution in [0.4, 0.5) is 11.4 Å². The maximum atomic E-state index is 12.4. The second kappa shape index (κ2) is 6.56. The first-order valence-corrected chi connectivity index (χ1v) is 7.42. The van der Waals surface area contributed by atoms with Crippen molar-refractivity contribution in [1.82, 2.24) is 4.98 Å². The van der Waals surface area contributed by atoms with E-state index >= 15 is 0 Å². The Morgan fingerprint density at radius 3 is 2.28 bits per heavy atom. The summed E-state index contributed by atoms with van der Waals surface area (Å²) in [4.78, 5) is 26.9. The molecule has 0 radical (unpaired) electrons. The Bertz CT molecular complexity index is 993. The van der Waals surface area contributed by atoms with Crippen molar-refractivity contribution in [3.63, 3.8) is 0 Å². The van der Waals surface area contributed by atoms with Crippen molar-refractivity contribution in [2.75, 3.05) is 19.5 Å². The fourth-order valence-electron chi connectivity index (χ4n) is 2.56. The van der Waals surface area contributed by atoms with E-state index in [0.29, 0.717) is 28.1 Å². The first kappa shape index (κ1) is 16.4. The number of rotatable bonds is 5. The normalized spacial score (nSPS) is 10.5. The van der Waals surface area contributed by atoms with Crippen LogP contribution >= 0.6 is 0 Å². The van der Waals surface area contributed by atoms with Crippen molar-refractivity contribution >= 4 is 28.2 Å². The van der Waals surface area contributed by atoms with Gasteiger partial charge in [-0.15, -0.1) is 0 Å². The summed E-state index contributed by atoms with van der Waals surface area (Å²) < 4.78 is 10.2. The lowest BCUT2D eigenvalue weighted by Gasteiger charge is -2.12. The molecule has 128 valence electrons. The van der Waals surface area contributed by atoms with E-state index in [0.717, 1.165) is 0 Å². The summed E-state index contributed by atoms with van der Waals surface area (Å²) >= 11 is 0. The lowest BCUT2D eigenvalue weighted by molar-refractivity contribution is 0.0700. The largest absolute Gasteiger partial charge is 0.497 e. The van der Waals surface area contributed by atoms with Crippen LogP contribution < -0.4 is 20.3 Å². The van der Waals surface area contributed by atoms with Crippen molar-refractivity contribution in [2.45, 2.75) is 0 Å². The second-order valence-corrected chi connectivity index (χ2v) is 5.27. The number of methoxy groups -OCH3 is 2. The van der Waals surface area contributed by atoms with Gasteiger partial charge in [0.25, 0.3) is 5.56 Å². The van der Waals surface area contributed by atoms with Crippen LogP contribution in [0, 0.1) is 0 Å². The summed E-state index contributed by atoms with van der Waals surface area (Å²) in [6, 6.07) is 11.6. The van der Waals surface area contributed by atoms with E-state index in [-0.39, 0.29) is 11.3 Å². The Labute approximate surface area is 142 Å². The Kier molecular flexibility index (Phi) is 4.30. The highest BCUT2D eigenvalue weighted by Crippen LogP contribution is 2.28. The molecule has 0 saturated carbocycles. The zero-order valence-corrected chi connectivity index (χ0v) is 13.6. The number of ether oxygens (including phenoxy) is 2. The molecule has 0 bridgehead atoms. The molecule has 0 saturated heterocycles. The smallest absolute Gasteiger partial charge is 0.338 e. The number of anilines is 2. The summed E-state index contributed by atoms with van der Waals surface area (Å²) in [5.74, 6) is -0.0565. The zero-order valence-electron chi connectivity index (χ0n) is 13.6. The van der Waals surface area contributed by atoms with E-state index in [1.807, 2.05) is 0 Å². The Morgan fingerprint density at radius 1 is 1.04 bits per heavy atom. The fourth-order valence-corrected chi connectivity index (χ4v) is 2.56. The molecule has 2 aromatic carbocycles. The molecule has 3 aromatic rings. The molecule has 0 aliphatic heterocycles. The van der Waals surface area contributed by atoms with Crippen LogP contribution in [-0.4, -0.2) is 30.3 Å². The highest BCUT2D eigenvalue weighted by molar-refractivity contribution is 6.08. The molecule has 7 heteroatoms. The van der Waals surface area contributed by atoms with Gasteiger partial charge in [-0.05, 0) is 42.5 Å². The second-order valence-electron chi connectivity index (χ2n) is 5.27. The molecule has 25 heavy (non-hydrogen) atoms. The summed E-state index contributed by atoms with van der Waals surface area (Å²) in [5.41, 5.74) is 0.303. The molecule has 3 N–H and O–H groups in total. The first-order chi connectivity index (χ1) is 12.0. The summed E-state index contributed by atoms with van der Waals surface area (Å²) in [7, 11) is 3.04. The number of carboxylic acids is 1. The molecular formula is C18H16N2O5. The molecule has 1 aromatic heterocycles. The maximum absolute atomic E-state index is 12.4. The molecule has 0 amide bonds. The first-order valence-electron chi connectivity index (χ1n) is 7.42. The molecule has 0 atom stereocenters. The molecule has 7 nitrogen and oxygen atoms in total. The third-order valence-corrected chi connectivity index (χ3v) is 3.79. The van der Waals surface area contributed by atoms with Crippen molar-refractivity contribution in [2.24, 2.45) is 0 Å². The van der Waals surface area contributed by atoms with E-state index in [1.165, 1.54) is 7.11 Å². The number of aromatic amines is 1. The van der Waals surface area contributed by atoms with Crippen LogP contribution in [-0.2, 0) is 0 Å². The van der Waals surface area contributed by atoms with Gasteiger partial charge in [-0.25, -0.2) is 4.79 Å². The molecule has 0 aliphatic carbocycles. The van der Waals surface area contributed by atoms with E-state index in [1.54, 1.807) is 49.6 Å². The number of fused-ring (bicyclic) bond motifs is 1. The summed E-state index contributed by atoms with van der Waals surface area (Å²) in [6.07, 6.45) is 0. The Morgan fingerprint density at radius 2 is 1.68 bits per heavy atom. The number of hydrogen-bond acceptors (Lipinski definition) is 5. The number of pyridine rings is 1. The number of carboxylic acid groups (broad SMARTS) is 1. The van der Waals surface area contributed by atoms with Crippen molar-refractivity contribution in [1.29, 1.82) is 0 Å². The number of nitrogens with one attached hydrogen (secondary N) is 2. The maximum Gasteiger partial charge on any atom is 0.338 e. The van der Waals surface area contributed by atoms with Crippen molar-refractivity contribution < 1.29 is 19.4 Å². The van der Waals surface area contributed by atoms with Crippen molar-refractivity contribution in [3.8, 4) is 11.5 Å². The number of aromatic carboxylic acids is 1. The number of aromatic nitrogens is 1. The zero-order chi connectivity index (χ0) is 18.0. The molecule has 0 fully saturated rings. The van der Waals surface area contributed by atoms with Gasteiger partial charge in [0.2, 0.25) is 0 Å². The average molecular weight is 340 g/mol. The average Bonchev–Trinajstić information content (AvgIpc) is 2.62. The van der Waals surface area contributed by atoms with E-state index in [9.17, 15) is 14.7 Å². The monoisotopic (exact) mass is 340 g/mol. The number of carbonyl (C=O) groups is 1. The van der Waals surface area contributed by atoms with Crippen LogP contribution in [0.1, 0.15) is 10.4 Å².